The first-order chi connectivity index (χ1) is 19.4. The van der Waals surface area contributed by atoms with E-state index in [-0.39, 0.29) is 25.3 Å². The van der Waals surface area contributed by atoms with Gasteiger partial charge in [-0.05, 0) is 49.7 Å². The first-order valence-electron chi connectivity index (χ1n) is 13.3. The van der Waals surface area contributed by atoms with Gasteiger partial charge in [-0.1, -0.05) is 36.7 Å². The van der Waals surface area contributed by atoms with Gasteiger partial charge in [0, 0.05) is 31.7 Å². The summed E-state index contributed by atoms with van der Waals surface area (Å²) in [7, 11) is 1.57. The fraction of sp³-hybridized carbons (Fsp3) is 0.345. The highest BCUT2D eigenvalue weighted by atomic mass is 35.5. The number of carbonyl (C=O) groups excluding carboxylic acids is 1. The lowest BCUT2D eigenvalue weighted by Gasteiger charge is -2.24. The van der Waals surface area contributed by atoms with Crippen molar-refractivity contribution >= 4 is 34.4 Å². The zero-order chi connectivity index (χ0) is 28.1. The molecule has 210 valence electrons. The Bertz CT molecular complexity index is 1490. The number of nitrogens with one attached hydrogen (secondary N) is 3. The van der Waals surface area contributed by atoms with E-state index in [1.807, 2.05) is 24.3 Å². The minimum absolute atomic E-state index is 0.0602. The molecule has 2 aromatic heterocycles. The maximum atomic E-state index is 11.5. The molecular formula is C29H33ClN6O4. The fourth-order valence-corrected chi connectivity index (χ4v) is 4.69. The van der Waals surface area contributed by atoms with Crippen LogP contribution in [0.1, 0.15) is 25.8 Å². The van der Waals surface area contributed by atoms with Crippen molar-refractivity contribution in [3.05, 3.63) is 59.2 Å². The zero-order valence-electron chi connectivity index (χ0n) is 22.8. The van der Waals surface area contributed by atoms with Crippen molar-refractivity contribution < 1.29 is 19.0 Å². The van der Waals surface area contributed by atoms with Crippen LogP contribution in [0.15, 0.2) is 48.7 Å². The standard InChI is InChI=1S/C29H33ClN6O4/c1-4-36(15-19-8-9-23-24(12-19)40-17-39-23)11-10-18(2)33-26-22(30)14-32-29-27(26)34-28(35-29)20-6-5-7-21(13-20)38-16-25(37)31-3/h5-9,12-14,18H,4,10-11,15-17H2,1-3H3,(H,31,37)(H2,32,33,34,35). The minimum Gasteiger partial charge on any atom is -0.484 e. The Kier molecular flexibility index (Phi) is 8.57. The molecule has 0 spiro atoms. The van der Waals surface area contributed by atoms with E-state index < -0.39 is 0 Å². The van der Waals surface area contributed by atoms with Crippen LogP contribution < -0.4 is 24.8 Å². The number of anilines is 1. The molecule has 4 aromatic rings. The lowest BCUT2D eigenvalue weighted by atomic mass is 10.1. The first-order valence-corrected chi connectivity index (χ1v) is 13.7. The first kappa shape index (κ1) is 27.5. The quantitative estimate of drug-likeness (QED) is 0.224. The molecule has 1 aliphatic rings. The van der Waals surface area contributed by atoms with Crippen molar-refractivity contribution in [2.45, 2.75) is 32.9 Å². The number of fused-ring (bicyclic) bond motifs is 2. The van der Waals surface area contributed by atoms with Gasteiger partial charge < -0.3 is 29.8 Å². The molecule has 1 unspecified atom stereocenters. The van der Waals surface area contributed by atoms with E-state index in [0.717, 1.165) is 48.8 Å². The molecule has 1 atom stereocenters. The van der Waals surface area contributed by atoms with E-state index in [4.69, 9.17) is 30.8 Å². The number of nitrogens with zero attached hydrogens (tertiary/aromatic N) is 3. The third-order valence-electron chi connectivity index (χ3n) is 6.78. The normalized spacial score (nSPS) is 13.0. The molecule has 3 N–H and O–H groups in total. The molecule has 2 aromatic carbocycles. The maximum absolute atomic E-state index is 11.5. The highest BCUT2D eigenvalue weighted by molar-refractivity contribution is 6.34. The van der Waals surface area contributed by atoms with Gasteiger partial charge in [-0.2, -0.15) is 0 Å². The molecular weight excluding hydrogens is 532 g/mol. The molecule has 3 heterocycles. The van der Waals surface area contributed by atoms with Gasteiger partial charge in [0.05, 0.1) is 16.9 Å². The van der Waals surface area contributed by atoms with Crippen LogP contribution in [0, 0.1) is 0 Å². The summed E-state index contributed by atoms with van der Waals surface area (Å²) in [5.41, 5.74) is 4.04. The number of carbonyl (C=O) groups is 1. The average molecular weight is 565 g/mol. The summed E-state index contributed by atoms with van der Waals surface area (Å²) in [6.45, 7) is 7.18. The third-order valence-corrected chi connectivity index (χ3v) is 7.07. The van der Waals surface area contributed by atoms with Gasteiger partial charge in [0.25, 0.3) is 5.91 Å². The Morgan fingerprint density at radius 2 is 2.08 bits per heavy atom. The van der Waals surface area contributed by atoms with Crippen LogP contribution in [-0.2, 0) is 11.3 Å². The topological polar surface area (TPSA) is 114 Å². The van der Waals surface area contributed by atoms with E-state index in [2.05, 4.69) is 51.5 Å². The van der Waals surface area contributed by atoms with Crippen molar-refractivity contribution in [3.63, 3.8) is 0 Å². The maximum Gasteiger partial charge on any atom is 0.257 e. The highest BCUT2D eigenvalue weighted by Gasteiger charge is 2.18. The number of halogens is 1. The molecule has 0 aliphatic carbocycles. The lowest BCUT2D eigenvalue weighted by molar-refractivity contribution is -0.122. The lowest BCUT2D eigenvalue weighted by Crippen LogP contribution is -2.28. The third kappa shape index (κ3) is 6.40. The second kappa shape index (κ2) is 12.4. The summed E-state index contributed by atoms with van der Waals surface area (Å²) < 4.78 is 16.5. The second-order valence-electron chi connectivity index (χ2n) is 9.64. The summed E-state index contributed by atoms with van der Waals surface area (Å²) >= 11 is 6.59. The summed E-state index contributed by atoms with van der Waals surface area (Å²) in [5, 5.41) is 6.61. The molecule has 1 aliphatic heterocycles. The van der Waals surface area contributed by atoms with Crippen molar-refractivity contribution in [1.29, 1.82) is 0 Å². The predicted octanol–water partition coefficient (Wildman–Crippen LogP) is 4.84. The summed E-state index contributed by atoms with van der Waals surface area (Å²) in [6.07, 6.45) is 2.53. The molecule has 11 heteroatoms. The Labute approximate surface area is 238 Å². The number of imidazole rings is 1. The fourth-order valence-electron chi connectivity index (χ4n) is 4.50. The molecule has 0 radical (unpaired) electrons. The molecule has 40 heavy (non-hydrogen) atoms. The number of rotatable bonds is 12. The average Bonchev–Trinajstić information content (AvgIpc) is 3.63. The van der Waals surface area contributed by atoms with Crippen LogP contribution in [0.3, 0.4) is 0 Å². The molecule has 10 nitrogen and oxygen atoms in total. The molecule has 0 bridgehead atoms. The molecule has 0 fully saturated rings. The molecule has 5 rings (SSSR count). The van der Waals surface area contributed by atoms with E-state index in [9.17, 15) is 4.79 Å². The predicted molar refractivity (Wildman–Crippen MR) is 155 cm³/mol. The van der Waals surface area contributed by atoms with E-state index >= 15 is 0 Å². The van der Waals surface area contributed by atoms with E-state index in [1.165, 1.54) is 5.56 Å². The van der Waals surface area contributed by atoms with Crippen LogP contribution >= 0.6 is 11.6 Å². The Morgan fingerprint density at radius 3 is 2.90 bits per heavy atom. The summed E-state index contributed by atoms with van der Waals surface area (Å²) in [4.78, 5) is 26.5. The molecule has 0 saturated heterocycles. The second-order valence-corrected chi connectivity index (χ2v) is 10.1. The van der Waals surface area contributed by atoms with Crippen LogP contribution in [0.25, 0.3) is 22.6 Å². The SMILES string of the molecule is CCN(CCC(C)Nc1c(Cl)cnc2[nH]c(-c3cccc(OCC(=O)NC)c3)nc12)Cc1ccc2c(c1)OCO2. The number of H-pyrrole nitrogens is 1. The van der Waals surface area contributed by atoms with Gasteiger partial charge in [-0.15, -0.1) is 0 Å². The highest BCUT2D eigenvalue weighted by Crippen LogP contribution is 2.34. The molecule has 0 saturated carbocycles. The number of amides is 1. The van der Waals surface area contributed by atoms with Gasteiger partial charge >= 0.3 is 0 Å². The van der Waals surface area contributed by atoms with Crippen molar-refractivity contribution in [2.75, 3.05) is 38.9 Å². The van der Waals surface area contributed by atoms with Gasteiger partial charge in [0.15, 0.2) is 23.8 Å². The largest absolute Gasteiger partial charge is 0.484 e. The monoisotopic (exact) mass is 564 g/mol. The zero-order valence-corrected chi connectivity index (χ0v) is 23.5. The minimum atomic E-state index is -0.201. The smallest absolute Gasteiger partial charge is 0.257 e. The number of aromatic nitrogens is 3. The van der Waals surface area contributed by atoms with Gasteiger partial charge in [0.1, 0.15) is 17.1 Å². The van der Waals surface area contributed by atoms with Crippen LogP contribution in [0.4, 0.5) is 5.69 Å². The summed E-state index contributed by atoms with van der Waals surface area (Å²) in [6, 6.07) is 13.6. The Balaban J connectivity index is 1.25. The number of ether oxygens (including phenoxy) is 3. The number of likely N-dealkylation sites (N-methyl/N-ethyl adjacent to an activating group) is 1. The Morgan fingerprint density at radius 1 is 1.23 bits per heavy atom. The van der Waals surface area contributed by atoms with Crippen LogP contribution in [0.5, 0.6) is 17.2 Å². The van der Waals surface area contributed by atoms with Crippen molar-refractivity contribution in [2.24, 2.45) is 0 Å². The van der Waals surface area contributed by atoms with Crippen LogP contribution in [-0.4, -0.2) is 65.3 Å². The number of pyridine rings is 1. The number of hydrogen-bond donors (Lipinski definition) is 3. The summed E-state index contributed by atoms with van der Waals surface area (Å²) in [5.74, 6) is 2.61. The van der Waals surface area contributed by atoms with Gasteiger partial charge in [0.2, 0.25) is 6.79 Å². The van der Waals surface area contributed by atoms with Crippen molar-refractivity contribution in [3.8, 4) is 28.6 Å². The number of hydrogen-bond acceptors (Lipinski definition) is 8. The molecule has 1 amide bonds. The van der Waals surface area contributed by atoms with E-state index in [1.54, 1.807) is 19.3 Å². The van der Waals surface area contributed by atoms with Gasteiger partial charge in [-0.25, -0.2) is 9.97 Å². The van der Waals surface area contributed by atoms with Crippen molar-refractivity contribution in [1.82, 2.24) is 25.2 Å². The van der Waals surface area contributed by atoms with Crippen LogP contribution in [0.2, 0.25) is 5.02 Å². The number of benzene rings is 2. The Hall–Kier alpha value is -4.02. The number of aromatic amines is 1. The van der Waals surface area contributed by atoms with E-state index in [0.29, 0.717) is 27.8 Å². The van der Waals surface area contributed by atoms with Gasteiger partial charge in [-0.3, -0.25) is 9.69 Å².